The molecule has 0 aliphatic carbocycles. The van der Waals surface area contributed by atoms with Gasteiger partial charge in [0.05, 0.1) is 0 Å². The normalized spacial score (nSPS) is 12.2. The summed E-state index contributed by atoms with van der Waals surface area (Å²) in [5.41, 5.74) is 1.26. The van der Waals surface area contributed by atoms with E-state index in [1.807, 2.05) is 43.4 Å². The molecule has 2 aromatic rings. The number of ether oxygens (including phenoxy) is 1. The van der Waals surface area contributed by atoms with Gasteiger partial charge in [0, 0.05) is 9.61 Å². The van der Waals surface area contributed by atoms with Gasteiger partial charge < -0.3 is 10.1 Å². The molecule has 2 aromatic carbocycles. The summed E-state index contributed by atoms with van der Waals surface area (Å²) in [4.78, 5) is 0. The maximum absolute atomic E-state index is 5.78. The van der Waals surface area contributed by atoms with Gasteiger partial charge >= 0.3 is 0 Å². The van der Waals surface area contributed by atoms with E-state index in [0.717, 1.165) is 11.5 Å². The lowest BCUT2D eigenvalue weighted by Crippen LogP contribution is -2.11. The predicted molar refractivity (Wildman–Crippen MR) is 83.1 cm³/mol. The highest BCUT2D eigenvalue weighted by Crippen LogP contribution is 2.23. The molecule has 1 atom stereocenters. The number of hydrogen-bond acceptors (Lipinski definition) is 2. The summed E-state index contributed by atoms with van der Waals surface area (Å²) in [5, 5.41) is 3.21. The Balaban J connectivity index is 2.08. The van der Waals surface area contributed by atoms with Crippen molar-refractivity contribution in [3.63, 3.8) is 0 Å². The molecule has 2 rings (SSSR count). The molecule has 0 radical (unpaired) electrons. The van der Waals surface area contributed by atoms with Crippen molar-refractivity contribution in [2.75, 3.05) is 7.05 Å². The van der Waals surface area contributed by atoms with Crippen LogP contribution in [0, 0.1) is 3.57 Å². The lowest BCUT2D eigenvalue weighted by Gasteiger charge is -2.11. The number of halogens is 1. The fourth-order valence-electron chi connectivity index (χ4n) is 1.63. The molecule has 0 aliphatic rings. The molecule has 1 N–H and O–H groups in total. The molecule has 0 heterocycles. The third-order valence-electron chi connectivity index (χ3n) is 2.86. The summed E-state index contributed by atoms with van der Waals surface area (Å²) in [7, 11) is 1.96. The molecule has 0 aromatic heterocycles. The van der Waals surface area contributed by atoms with E-state index >= 15 is 0 Å². The first-order valence-electron chi connectivity index (χ1n) is 5.89. The molecule has 0 fully saturated rings. The maximum atomic E-state index is 5.78. The number of hydrogen-bond donors (Lipinski definition) is 1. The number of rotatable bonds is 4. The quantitative estimate of drug-likeness (QED) is 0.825. The van der Waals surface area contributed by atoms with Gasteiger partial charge in [-0.25, -0.2) is 0 Å². The van der Waals surface area contributed by atoms with Crippen molar-refractivity contribution >= 4 is 22.6 Å². The van der Waals surface area contributed by atoms with Crippen LogP contribution in [0.4, 0.5) is 0 Å². The predicted octanol–water partition coefficient (Wildman–Crippen LogP) is 4.36. The van der Waals surface area contributed by atoms with Crippen LogP contribution in [0.1, 0.15) is 18.5 Å². The van der Waals surface area contributed by atoms with Crippen molar-refractivity contribution < 1.29 is 4.74 Å². The number of nitrogens with one attached hydrogen (secondary N) is 1. The Bertz CT molecular complexity index is 493. The van der Waals surface area contributed by atoms with Gasteiger partial charge in [0.2, 0.25) is 0 Å². The molecule has 0 saturated carbocycles. The molecule has 3 heteroatoms. The van der Waals surface area contributed by atoms with Gasteiger partial charge in [-0.2, -0.15) is 0 Å². The van der Waals surface area contributed by atoms with Crippen LogP contribution in [0.3, 0.4) is 0 Å². The summed E-state index contributed by atoms with van der Waals surface area (Å²) < 4.78 is 6.98. The molecule has 0 bridgehead atoms. The maximum Gasteiger partial charge on any atom is 0.127 e. The lowest BCUT2D eigenvalue weighted by molar-refractivity contribution is 0.482. The average molecular weight is 353 g/mol. The zero-order valence-electron chi connectivity index (χ0n) is 10.5. The zero-order chi connectivity index (χ0) is 13.0. The molecule has 0 aliphatic heterocycles. The first kappa shape index (κ1) is 13.4. The Kier molecular flexibility index (Phi) is 4.60. The molecule has 94 valence electrons. The minimum atomic E-state index is 0.359. The Hall–Kier alpha value is -1.07. The first-order chi connectivity index (χ1) is 8.69. The highest BCUT2D eigenvalue weighted by molar-refractivity contribution is 14.1. The molecular formula is C15H16INO. The largest absolute Gasteiger partial charge is 0.457 e. The van der Waals surface area contributed by atoms with Crippen molar-refractivity contribution in [2.45, 2.75) is 13.0 Å². The molecule has 0 spiro atoms. The van der Waals surface area contributed by atoms with Crippen LogP contribution in [0.5, 0.6) is 11.5 Å². The van der Waals surface area contributed by atoms with E-state index in [9.17, 15) is 0 Å². The van der Waals surface area contributed by atoms with Crippen LogP contribution < -0.4 is 10.1 Å². The molecule has 2 nitrogen and oxygen atoms in total. The van der Waals surface area contributed by atoms with E-state index in [-0.39, 0.29) is 0 Å². The second kappa shape index (κ2) is 6.20. The standard InChI is InChI=1S/C15H16INO/c1-11(17-2)12-3-7-14(8-4-12)18-15-9-5-13(16)6-10-15/h3-11,17H,1-2H3. The topological polar surface area (TPSA) is 21.3 Å². The fourth-order valence-corrected chi connectivity index (χ4v) is 1.99. The van der Waals surface area contributed by atoms with Crippen molar-refractivity contribution in [1.29, 1.82) is 0 Å². The SMILES string of the molecule is CNC(C)c1ccc(Oc2ccc(I)cc2)cc1. The summed E-state index contributed by atoms with van der Waals surface area (Å²) >= 11 is 2.28. The Morgan fingerprint density at radius 1 is 0.944 bits per heavy atom. The van der Waals surface area contributed by atoms with Crippen molar-refractivity contribution in [2.24, 2.45) is 0 Å². The van der Waals surface area contributed by atoms with Crippen molar-refractivity contribution in [1.82, 2.24) is 5.32 Å². The smallest absolute Gasteiger partial charge is 0.127 e. The Morgan fingerprint density at radius 2 is 1.44 bits per heavy atom. The van der Waals surface area contributed by atoms with E-state index in [2.05, 4.69) is 47.0 Å². The Labute approximate surface area is 122 Å². The molecular weight excluding hydrogens is 337 g/mol. The third kappa shape index (κ3) is 3.46. The van der Waals surface area contributed by atoms with Crippen LogP contribution in [0.15, 0.2) is 48.5 Å². The van der Waals surface area contributed by atoms with Crippen LogP contribution in [-0.2, 0) is 0 Å². The van der Waals surface area contributed by atoms with E-state index in [1.165, 1.54) is 9.13 Å². The van der Waals surface area contributed by atoms with E-state index in [4.69, 9.17) is 4.74 Å². The summed E-state index contributed by atoms with van der Waals surface area (Å²) in [6.45, 7) is 2.13. The van der Waals surface area contributed by atoms with E-state index in [1.54, 1.807) is 0 Å². The van der Waals surface area contributed by atoms with Gasteiger partial charge in [-0.05, 0) is 78.5 Å². The number of benzene rings is 2. The summed E-state index contributed by atoms with van der Waals surface area (Å²) in [6, 6.07) is 16.6. The second-order valence-corrected chi connectivity index (χ2v) is 5.38. The third-order valence-corrected chi connectivity index (χ3v) is 3.58. The van der Waals surface area contributed by atoms with Gasteiger partial charge in [0.25, 0.3) is 0 Å². The Morgan fingerprint density at radius 3 is 1.94 bits per heavy atom. The van der Waals surface area contributed by atoms with E-state index < -0.39 is 0 Å². The molecule has 1 unspecified atom stereocenters. The summed E-state index contributed by atoms with van der Waals surface area (Å²) in [6.07, 6.45) is 0. The van der Waals surface area contributed by atoms with Crippen LogP contribution >= 0.6 is 22.6 Å². The van der Waals surface area contributed by atoms with Gasteiger partial charge in [-0.1, -0.05) is 12.1 Å². The molecule has 0 amide bonds. The summed E-state index contributed by atoms with van der Waals surface area (Å²) in [5.74, 6) is 1.73. The van der Waals surface area contributed by atoms with Gasteiger partial charge in [-0.15, -0.1) is 0 Å². The van der Waals surface area contributed by atoms with Crippen LogP contribution in [0.25, 0.3) is 0 Å². The molecule has 0 saturated heterocycles. The highest BCUT2D eigenvalue weighted by Gasteiger charge is 2.02. The lowest BCUT2D eigenvalue weighted by atomic mass is 10.1. The zero-order valence-corrected chi connectivity index (χ0v) is 12.6. The van der Waals surface area contributed by atoms with E-state index in [0.29, 0.717) is 6.04 Å². The minimum Gasteiger partial charge on any atom is -0.457 e. The monoisotopic (exact) mass is 353 g/mol. The van der Waals surface area contributed by atoms with Crippen LogP contribution in [0.2, 0.25) is 0 Å². The molecule has 18 heavy (non-hydrogen) atoms. The first-order valence-corrected chi connectivity index (χ1v) is 6.97. The van der Waals surface area contributed by atoms with Gasteiger partial charge in [0.15, 0.2) is 0 Å². The van der Waals surface area contributed by atoms with Gasteiger partial charge in [0.1, 0.15) is 11.5 Å². The average Bonchev–Trinajstić information content (AvgIpc) is 2.41. The van der Waals surface area contributed by atoms with Crippen LogP contribution in [-0.4, -0.2) is 7.05 Å². The highest BCUT2D eigenvalue weighted by atomic mass is 127. The van der Waals surface area contributed by atoms with Crippen molar-refractivity contribution in [3.8, 4) is 11.5 Å². The van der Waals surface area contributed by atoms with Gasteiger partial charge in [-0.3, -0.25) is 0 Å². The minimum absolute atomic E-state index is 0.359. The fraction of sp³-hybridized carbons (Fsp3) is 0.200. The van der Waals surface area contributed by atoms with Crippen molar-refractivity contribution in [3.05, 3.63) is 57.7 Å². The second-order valence-electron chi connectivity index (χ2n) is 4.14.